The Bertz CT molecular complexity index is 3050. The van der Waals surface area contributed by atoms with E-state index in [1.807, 2.05) is 69.3 Å². The Morgan fingerprint density at radius 2 is 1.34 bits per heavy atom. The van der Waals surface area contributed by atoms with Crippen LogP contribution in [0.1, 0.15) is 109 Å². The molecule has 0 amide bonds. The van der Waals surface area contributed by atoms with Crippen LogP contribution in [-0.2, 0) is 36.4 Å². The number of fused-ring (bicyclic) bond motifs is 3. The molecule has 4 aromatic heterocycles. The van der Waals surface area contributed by atoms with Gasteiger partial charge in [-0.05, 0) is 76.8 Å². The molecule has 0 saturated carbocycles. The van der Waals surface area contributed by atoms with E-state index in [-0.39, 0.29) is 58.6 Å². The van der Waals surface area contributed by atoms with Gasteiger partial charge < -0.3 is 14.4 Å². The predicted octanol–water partition coefficient (Wildman–Crippen LogP) is 13.3. The van der Waals surface area contributed by atoms with Crippen molar-refractivity contribution < 1.29 is 36.9 Å². The number of aryl methyl sites for hydroxylation is 3. The molecule has 0 aliphatic heterocycles. The number of aromatic nitrogens is 5. The van der Waals surface area contributed by atoms with E-state index in [2.05, 4.69) is 63.6 Å². The molecular weight excluding hydrogens is 903 g/mol. The normalized spacial score (nSPS) is 14.8. The summed E-state index contributed by atoms with van der Waals surface area (Å²) in [6, 6.07) is 33.5. The van der Waals surface area contributed by atoms with Gasteiger partial charge in [0, 0.05) is 66.6 Å². The molecule has 0 saturated heterocycles. The number of hydrogen-bond acceptors (Lipinski definition) is 6. The Labute approximate surface area is 376 Å². The Hall–Kier alpha value is -5.36. The van der Waals surface area contributed by atoms with Gasteiger partial charge in [0.1, 0.15) is 17.2 Å². The number of pyridine rings is 2. The number of furan rings is 1. The van der Waals surface area contributed by atoms with Crippen LogP contribution in [0.5, 0.6) is 0 Å². The van der Waals surface area contributed by atoms with E-state index in [0.717, 1.165) is 33.2 Å². The van der Waals surface area contributed by atoms with Gasteiger partial charge in [-0.25, -0.2) is 15.0 Å². The fraction of sp³-hybridized carbons (Fsp3) is 0.288. The molecular formula is C52H53IrN5O-2. The summed E-state index contributed by atoms with van der Waals surface area (Å²) in [6.07, 6.45) is 2.70. The average Bonchev–Trinajstić information content (AvgIpc) is 3.63. The van der Waals surface area contributed by atoms with E-state index in [9.17, 15) is 0 Å². The minimum Gasteiger partial charge on any atom is -0.501 e. The van der Waals surface area contributed by atoms with Crippen molar-refractivity contribution in [3.05, 3.63) is 149 Å². The maximum Gasteiger partial charge on any atom is 0.163 e. The van der Waals surface area contributed by atoms with Crippen molar-refractivity contribution in [2.75, 3.05) is 0 Å². The number of rotatable bonds is 4. The van der Waals surface area contributed by atoms with Gasteiger partial charge in [0.2, 0.25) is 0 Å². The zero-order chi connectivity index (χ0) is 49.1. The molecule has 0 fully saturated rings. The van der Waals surface area contributed by atoms with E-state index in [0.29, 0.717) is 45.5 Å². The Kier molecular flexibility index (Phi) is 9.20. The van der Waals surface area contributed by atoms with Crippen LogP contribution >= 0.6 is 0 Å². The van der Waals surface area contributed by atoms with Crippen molar-refractivity contribution >= 4 is 21.9 Å². The van der Waals surface area contributed by atoms with Crippen LogP contribution in [0.3, 0.4) is 0 Å². The summed E-state index contributed by atoms with van der Waals surface area (Å²) in [4.78, 5) is 23.2. The fourth-order valence-corrected chi connectivity index (χ4v) is 6.41. The van der Waals surface area contributed by atoms with Crippen molar-refractivity contribution in [3.8, 4) is 45.0 Å². The predicted molar refractivity (Wildman–Crippen MR) is 239 cm³/mol. The summed E-state index contributed by atoms with van der Waals surface area (Å²) < 4.78 is 78.3. The smallest absolute Gasteiger partial charge is 0.163 e. The van der Waals surface area contributed by atoms with Crippen molar-refractivity contribution in [2.45, 2.75) is 99.1 Å². The van der Waals surface area contributed by atoms with Crippen molar-refractivity contribution in [1.82, 2.24) is 24.9 Å². The molecule has 0 spiro atoms. The second-order valence-electron chi connectivity index (χ2n) is 17.5. The molecule has 0 N–H and O–H groups in total. The van der Waals surface area contributed by atoms with Crippen molar-refractivity contribution in [1.29, 1.82) is 0 Å². The zero-order valence-electron chi connectivity index (χ0n) is 43.8. The van der Waals surface area contributed by atoms with Gasteiger partial charge in [-0.1, -0.05) is 122 Å². The maximum absolute atomic E-state index is 8.39. The first-order chi connectivity index (χ1) is 31.0. The fourth-order valence-electron chi connectivity index (χ4n) is 6.41. The van der Waals surface area contributed by atoms with Crippen LogP contribution in [0.25, 0.3) is 67.0 Å². The van der Waals surface area contributed by atoms with Gasteiger partial charge >= 0.3 is 0 Å². The molecule has 0 atom stereocenters. The molecule has 303 valence electrons. The molecule has 0 unspecified atom stereocenters. The minimum atomic E-state index is -2.55. The maximum atomic E-state index is 8.39. The molecule has 6 nitrogen and oxygen atoms in total. The van der Waals surface area contributed by atoms with Gasteiger partial charge in [-0.3, -0.25) is 0 Å². The second kappa shape index (κ2) is 16.7. The van der Waals surface area contributed by atoms with Gasteiger partial charge in [-0.2, -0.15) is 0 Å². The Balaban J connectivity index is 0.000000378. The monoisotopic (exact) mass is 965 g/mol. The van der Waals surface area contributed by atoms with Gasteiger partial charge in [0.25, 0.3) is 0 Å². The Morgan fingerprint density at radius 1 is 0.593 bits per heavy atom. The van der Waals surface area contributed by atoms with E-state index < -0.39 is 20.6 Å². The van der Waals surface area contributed by atoms with Gasteiger partial charge in [-0.15, -0.1) is 54.1 Å². The first-order valence-corrected chi connectivity index (χ1v) is 19.2. The number of benzene rings is 4. The summed E-state index contributed by atoms with van der Waals surface area (Å²) in [5, 5.41) is 1.69. The third kappa shape index (κ3) is 9.43. The largest absolute Gasteiger partial charge is 0.501 e. The van der Waals surface area contributed by atoms with Crippen LogP contribution in [-0.4, -0.2) is 24.9 Å². The van der Waals surface area contributed by atoms with Crippen molar-refractivity contribution in [2.24, 2.45) is 0 Å². The summed E-state index contributed by atoms with van der Waals surface area (Å²) in [5.41, 5.74) is 5.28. The van der Waals surface area contributed by atoms with Crippen molar-refractivity contribution in [3.63, 3.8) is 0 Å². The molecule has 8 rings (SSSR count). The number of nitrogens with zero attached hydrogens (tertiary/aromatic N) is 5. The summed E-state index contributed by atoms with van der Waals surface area (Å²) in [6.45, 7) is 11.4. The van der Waals surface area contributed by atoms with E-state index in [4.69, 9.17) is 31.7 Å². The molecule has 0 bridgehead atoms. The van der Waals surface area contributed by atoms with Crippen LogP contribution in [0.15, 0.2) is 108 Å². The first-order valence-electron chi connectivity index (χ1n) is 23.7. The quantitative estimate of drug-likeness (QED) is 0.164. The third-order valence-electron chi connectivity index (χ3n) is 9.75. The summed E-state index contributed by atoms with van der Waals surface area (Å²) in [7, 11) is 0. The SMILES string of the molecule is [2H]C([2H])([2H])c1ccc(-c2[c-]cccc2)nc1.[2H]C([2H])([2H])c1cnc(-c2[c-]ccc3c2oc2cc(-c4nc(C(C)(C)C)nc(C(C)(C)C)n4)ccc23)cc1-c1ccc(C(C)(C)C)cc1C([2H])([2H])[2H].[Ir]. The van der Waals surface area contributed by atoms with E-state index in [1.54, 1.807) is 42.5 Å². The van der Waals surface area contributed by atoms with E-state index >= 15 is 0 Å². The standard InChI is InChI=1S/C40H43N4O.C12H10N.Ir/c1-23-19-26(38(3,4)5)16-18-27(23)31-21-32(41-22-24(31)2)30-14-12-13-29-28-17-15-25(20-33(28)45-34(29)30)35-42-36(39(6,7)8)44-37(43-35)40(9,10)11;1-10-7-8-12(13-9-10)11-5-3-2-4-6-11;/h12-13,15-22H,1-11H3;2-5,7-9H,1H3;/q2*-1;/i1D3,2D3;1D3;. The molecule has 0 aliphatic carbocycles. The van der Waals surface area contributed by atoms with E-state index in [1.165, 1.54) is 12.4 Å². The molecule has 7 heteroatoms. The summed E-state index contributed by atoms with van der Waals surface area (Å²) in [5.74, 6) is 1.97. The van der Waals surface area contributed by atoms with Gasteiger partial charge in [0.15, 0.2) is 5.82 Å². The molecule has 8 aromatic rings. The molecule has 1 radical (unpaired) electrons. The van der Waals surface area contributed by atoms with Crippen LogP contribution in [0.4, 0.5) is 0 Å². The first kappa shape index (κ1) is 32.5. The summed E-state index contributed by atoms with van der Waals surface area (Å²) >= 11 is 0. The Morgan fingerprint density at radius 3 is 1.97 bits per heavy atom. The third-order valence-corrected chi connectivity index (χ3v) is 9.75. The topological polar surface area (TPSA) is 77.6 Å². The zero-order valence-corrected chi connectivity index (χ0v) is 37.2. The van der Waals surface area contributed by atoms with Crippen LogP contribution in [0, 0.1) is 32.7 Å². The van der Waals surface area contributed by atoms with Crippen LogP contribution in [0.2, 0.25) is 0 Å². The minimum absolute atomic E-state index is 0. The van der Waals surface area contributed by atoms with Crippen LogP contribution < -0.4 is 0 Å². The molecule has 4 heterocycles. The second-order valence-corrected chi connectivity index (χ2v) is 17.5. The molecule has 0 aliphatic rings. The number of hydrogen-bond donors (Lipinski definition) is 0. The molecule has 4 aromatic carbocycles. The van der Waals surface area contributed by atoms with Gasteiger partial charge in [0.05, 0.1) is 5.58 Å². The average molecular weight is 965 g/mol. The molecule has 59 heavy (non-hydrogen) atoms.